The molecule has 0 spiro atoms. The quantitative estimate of drug-likeness (QED) is 0.662. The van der Waals surface area contributed by atoms with Gasteiger partial charge in [-0.25, -0.2) is 4.98 Å². The fourth-order valence-corrected chi connectivity index (χ4v) is 2.92. The van der Waals surface area contributed by atoms with Gasteiger partial charge in [0.25, 0.3) is 5.91 Å². The first-order valence-electron chi connectivity index (χ1n) is 6.47. The van der Waals surface area contributed by atoms with Crippen LogP contribution in [0.15, 0.2) is 47.2 Å². The van der Waals surface area contributed by atoms with Crippen LogP contribution in [0.3, 0.4) is 0 Å². The zero-order chi connectivity index (χ0) is 14.4. The number of aromatic amines is 1. The van der Waals surface area contributed by atoms with E-state index in [0.717, 1.165) is 32.3 Å². The summed E-state index contributed by atoms with van der Waals surface area (Å²) in [4.78, 5) is 19.6. The summed E-state index contributed by atoms with van der Waals surface area (Å²) in [6.07, 6.45) is 5.51. The smallest absolute Gasteiger partial charge is 0.256 e. The first kappa shape index (κ1) is 12.3. The summed E-state index contributed by atoms with van der Waals surface area (Å²) in [5.41, 5.74) is 4.19. The predicted molar refractivity (Wildman–Crippen MR) is 86.7 cm³/mol. The minimum Gasteiger partial charge on any atom is -0.346 e. The van der Waals surface area contributed by atoms with Gasteiger partial charge in [-0.05, 0) is 30.3 Å². The molecular formula is C16H10BrN3O. The summed E-state index contributed by atoms with van der Waals surface area (Å²) in [5.74, 6) is -0.0821. The highest BCUT2D eigenvalue weighted by Crippen LogP contribution is 2.35. The number of nitrogens with one attached hydrogen (secondary N) is 2. The molecule has 2 aromatic heterocycles. The Hall–Kier alpha value is -2.40. The lowest BCUT2D eigenvalue weighted by atomic mass is 10.0. The van der Waals surface area contributed by atoms with Gasteiger partial charge in [-0.2, -0.15) is 0 Å². The van der Waals surface area contributed by atoms with Gasteiger partial charge >= 0.3 is 0 Å². The summed E-state index contributed by atoms with van der Waals surface area (Å²) in [6, 6.07) is 9.66. The number of nitrogens with zero attached hydrogens (tertiary/aromatic N) is 1. The number of anilines is 1. The number of carbonyl (C=O) groups is 1. The second kappa shape index (κ2) is 4.56. The second-order valence-corrected chi connectivity index (χ2v) is 5.76. The second-order valence-electron chi connectivity index (χ2n) is 4.85. The number of hydrogen-bond acceptors (Lipinski definition) is 2. The Kier molecular flexibility index (Phi) is 2.68. The highest BCUT2D eigenvalue weighted by molar-refractivity contribution is 9.10. The van der Waals surface area contributed by atoms with Crippen molar-refractivity contribution in [2.45, 2.75) is 0 Å². The van der Waals surface area contributed by atoms with Crippen LogP contribution in [-0.2, 0) is 4.79 Å². The molecule has 0 aliphatic carbocycles. The topological polar surface area (TPSA) is 57.8 Å². The summed E-state index contributed by atoms with van der Waals surface area (Å²) >= 11 is 3.41. The largest absolute Gasteiger partial charge is 0.346 e. The molecule has 0 saturated carbocycles. The van der Waals surface area contributed by atoms with Crippen LogP contribution in [0.4, 0.5) is 5.69 Å². The zero-order valence-electron chi connectivity index (χ0n) is 10.9. The van der Waals surface area contributed by atoms with E-state index in [-0.39, 0.29) is 5.91 Å². The third kappa shape index (κ3) is 1.97. The predicted octanol–water partition coefficient (Wildman–Crippen LogP) is 3.82. The molecule has 5 heteroatoms. The van der Waals surface area contributed by atoms with Crippen molar-refractivity contribution in [1.82, 2.24) is 9.97 Å². The van der Waals surface area contributed by atoms with Crippen LogP contribution in [0.2, 0.25) is 0 Å². The van der Waals surface area contributed by atoms with E-state index in [0.29, 0.717) is 5.57 Å². The molecule has 0 unspecified atom stereocenters. The molecule has 4 nitrogen and oxygen atoms in total. The molecule has 1 aliphatic heterocycles. The minimum atomic E-state index is -0.0821. The third-order valence-corrected chi connectivity index (χ3v) is 4.04. The van der Waals surface area contributed by atoms with Crippen molar-refractivity contribution in [3.8, 4) is 0 Å². The Morgan fingerprint density at radius 2 is 2.14 bits per heavy atom. The lowest BCUT2D eigenvalue weighted by Crippen LogP contribution is -2.03. The summed E-state index contributed by atoms with van der Waals surface area (Å²) in [7, 11) is 0. The van der Waals surface area contributed by atoms with Crippen LogP contribution < -0.4 is 5.32 Å². The first-order chi connectivity index (χ1) is 10.2. The van der Waals surface area contributed by atoms with Gasteiger partial charge in [0.1, 0.15) is 5.65 Å². The number of aromatic nitrogens is 2. The Morgan fingerprint density at radius 1 is 1.24 bits per heavy atom. The summed E-state index contributed by atoms with van der Waals surface area (Å²) < 4.78 is 0.944. The van der Waals surface area contributed by atoms with Crippen molar-refractivity contribution in [2.75, 3.05) is 5.32 Å². The molecule has 3 aromatic rings. The maximum atomic E-state index is 12.2. The molecule has 2 N–H and O–H groups in total. The van der Waals surface area contributed by atoms with Crippen LogP contribution in [0.1, 0.15) is 11.1 Å². The van der Waals surface area contributed by atoms with E-state index >= 15 is 0 Å². The van der Waals surface area contributed by atoms with Crippen LogP contribution in [0, 0.1) is 0 Å². The molecule has 0 radical (unpaired) electrons. The van der Waals surface area contributed by atoms with Gasteiger partial charge in [0.05, 0.1) is 5.69 Å². The van der Waals surface area contributed by atoms with Crippen molar-refractivity contribution in [3.63, 3.8) is 0 Å². The maximum Gasteiger partial charge on any atom is 0.256 e. The Labute approximate surface area is 129 Å². The van der Waals surface area contributed by atoms with E-state index in [1.807, 2.05) is 42.6 Å². The van der Waals surface area contributed by atoms with Gasteiger partial charge in [0.2, 0.25) is 0 Å². The van der Waals surface area contributed by atoms with Crippen molar-refractivity contribution >= 4 is 50.2 Å². The number of fused-ring (bicyclic) bond motifs is 2. The number of benzene rings is 1. The molecule has 0 fully saturated rings. The summed E-state index contributed by atoms with van der Waals surface area (Å²) in [5, 5.41) is 3.89. The van der Waals surface area contributed by atoms with E-state index in [2.05, 4.69) is 31.2 Å². The number of pyridine rings is 1. The number of amides is 1. The van der Waals surface area contributed by atoms with Crippen molar-refractivity contribution < 1.29 is 4.79 Å². The van der Waals surface area contributed by atoms with Gasteiger partial charge in [0.15, 0.2) is 0 Å². The Bertz CT molecular complexity index is 911. The third-order valence-electron chi connectivity index (χ3n) is 3.55. The fraction of sp³-hybridized carbons (Fsp3) is 0. The SMILES string of the molecule is O=C1Nc2cc(Br)ccc2C1=Cc1c[nH]c2ncccc12. The lowest BCUT2D eigenvalue weighted by molar-refractivity contribution is -0.110. The highest BCUT2D eigenvalue weighted by Gasteiger charge is 2.24. The zero-order valence-corrected chi connectivity index (χ0v) is 12.4. The minimum absolute atomic E-state index is 0.0821. The molecule has 0 atom stereocenters. The van der Waals surface area contributed by atoms with Crippen LogP contribution >= 0.6 is 15.9 Å². The van der Waals surface area contributed by atoms with Crippen LogP contribution in [-0.4, -0.2) is 15.9 Å². The number of carbonyl (C=O) groups excluding carboxylic acids is 1. The molecule has 3 heterocycles. The van der Waals surface area contributed by atoms with Gasteiger partial charge < -0.3 is 10.3 Å². The molecule has 1 aromatic carbocycles. The normalized spacial score (nSPS) is 15.5. The van der Waals surface area contributed by atoms with E-state index in [1.54, 1.807) is 6.20 Å². The summed E-state index contributed by atoms with van der Waals surface area (Å²) in [6.45, 7) is 0. The molecule has 0 saturated heterocycles. The molecule has 102 valence electrons. The fourth-order valence-electron chi connectivity index (χ4n) is 2.56. The maximum absolute atomic E-state index is 12.2. The number of halogens is 1. The van der Waals surface area contributed by atoms with Gasteiger partial charge in [-0.3, -0.25) is 4.79 Å². The Balaban J connectivity index is 1.89. The number of H-pyrrole nitrogens is 1. The standard InChI is InChI=1S/C16H10BrN3O/c17-10-3-4-12-13(16(21)20-14(12)7-10)6-9-8-19-15-11(9)2-1-5-18-15/h1-8H,(H,18,19)(H,20,21). The molecule has 4 rings (SSSR count). The molecule has 1 amide bonds. The van der Waals surface area contributed by atoms with Crippen molar-refractivity contribution in [1.29, 1.82) is 0 Å². The van der Waals surface area contributed by atoms with Crippen molar-refractivity contribution in [2.24, 2.45) is 0 Å². The number of rotatable bonds is 1. The van der Waals surface area contributed by atoms with E-state index in [1.165, 1.54) is 0 Å². The highest BCUT2D eigenvalue weighted by atomic mass is 79.9. The van der Waals surface area contributed by atoms with Crippen LogP contribution in [0.5, 0.6) is 0 Å². The van der Waals surface area contributed by atoms with Gasteiger partial charge in [0, 0.05) is 39.0 Å². The number of hydrogen-bond donors (Lipinski definition) is 2. The van der Waals surface area contributed by atoms with E-state index in [4.69, 9.17) is 0 Å². The molecule has 21 heavy (non-hydrogen) atoms. The average Bonchev–Trinajstić information content (AvgIpc) is 3.01. The first-order valence-corrected chi connectivity index (χ1v) is 7.27. The van der Waals surface area contributed by atoms with E-state index < -0.39 is 0 Å². The van der Waals surface area contributed by atoms with E-state index in [9.17, 15) is 4.79 Å². The lowest BCUT2D eigenvalue weighted by Gasteiger charge is -1.98. The monoisotopic (exact) mass is 339 g/mol. The Morgan fingerprint density at radius 3 is 3.05 bits per heavy atom. The molecular weight excluding hydrogens is 330 g/mol. The molecule has 0 bridgehead atoms. The van der Waals surface area contributed by atoms with Gasteiger partial charge in [-0.1, -0.05) is 22.0 Å². The van der Waals surface area contributed by atoms with Gasteiger partial charge in [-0.15, -0.1) is 0 Å². The average molecular weight is 340 g/mol. The van der Waals surface area contributed by atoms with Crippen LogP contribution in [0.25, 0.3) is 22.7 Å². The van der Waals surface area contributed by atoms with Crippen molar-refractivity contribution in [3.05, 3.63) is 58.3 Å². The molecule has 1 aliphatic rings.